The van der Waals surface area contributed by atoms with Gasteiger partial charge in [-0.05, 0) is 31.2 Å². The zero-order valence-electron chi connectivity index (χ0n) is 20.7. The Morgan fingerprint density at radius 3 is 2.66 bits per heavy atom. The Kier molecular flexibility index (Phi) is 5.97. The van der Waals surface area contributed by atoms with Crippen molar-refractivity contribution in [1.82, 2.24) is 34.4 Å². The van der Waals surface area contributed by atoms with Crippen LogP contribution in [0.2, 0.25) is 10.0 Å². The number of hydrogen-bond donors (Lipinski definition) is 2. The number of pyridine rings is 2. The SMILES string of the molecule is CN/C=C(\N)C(=O)N1CC(n2cc(-c3cnc4ccn5c(C)c(-c6c(Cl)cccc6Cl)nc5c4c3)cn2)C1. The van der Waals surface area contributed by atoms with Gasteiger partial charge in [-0.3, -0.25) is 14.5 Å². The molecule has 5 aromatic rings. The lowest BCUT2D eigenvalue weighted by molar-refractivity contribution is -0.133. The Morgan fingerprint density at radius 2 is 1.92 bits per heavy atom. The van der Waals surface area contributed by atoms with Crippen LogP contribution in [0.15, 0.2) is 67.0 Å². The highest BCUT2D eigenvalue weighted by molar-refractivity contribution is 6.39. The third-order valence-corrected chi connectivity index (χ3v) is 7.53. The molecule has 3 N–H and O–H groups in total. The van der Waals surface area contributed by atoms with Crippen molar-refractivity contribution in [2.45, 2.75) is 13.0 Å². The van der Waals surface area contributed by atoms with Gasteiger partial charge < -0.3 is 20.4 Å². The molecule has 0 unspecified atom stereocenters. The van der Waals surface area contributed by atoms with Crippen molar-refractivity contribution in [2.75, 3.05) is 20.1 Å². The average Bonchev–Trinajstić information content (AvgIpc) is 3.48. The van der Waals surface area contributed by atoms with Gasteiger partial charge >= 0.3 is 0 Å². The van der Waals surface area contributed by atoms with E-state index in [1.54, 1.807) is 11.9 Å². The maximum Gasteiger partial charge on any atom is 0.271 e. The fourth-order valence-electron chi connectivity index (χ4n) is 4.81. The molecule has 192 valence electrons. The highest BCUT2D eigenvalue weighted by Gasteiger charge is 2.33. The summed E-state index contributed by atoms with van der Waals surface area (Å²) in [5.41, 5.74) is 11.8. The summed E-state index contributed by atoms with van der Waals surface area (Å²) in [7, 11) is 1.71. The number of imidazole rings is 1. The zero-order chi connectivity index (χ0) is 26.6. The molecule has 11 heteroatoms. The second-order valence-corrected chi connectivity index (χ2v) is 10.1. The number of amides is 1. The summed E-state index contributed by atoms with van der Waals surface area (Å²) in [6, 6.07) is 9.58. The van der Waals surface area contributed by atoms with Crippen LogP contribution in [0.1, 0.15) is 11.7 Å². The molecular formula is C27H24Cl2N8O. The quantitative estimate of drug-likeness (QED) is 0.316. The van der Waals surface area contributed by atoms with Gasteiger partial charge in [0, 0.05) is 72.7 Å². The summed E-state index contributed by atoms with van der Waals surface area (Å²) < 4.78 is 3.92. The second kappa shape index (κ2) is 9.34. The summed E-state index contributed by atoms with van der Waals surface area (Å²) in [6.07, 6.45) is 9.09. The highest BCUT2D eigenvalue weighted by atomic mass is 35.5. The molecule has 0 bridgehead atoms. The number of hydrogen-bond acceptors (Lipinski definition) is 6. The number of rotatable bonds is 5. The van der Waals surface area contributed by atoms with E-state index >= 15 is 0 Å². The molecule has 1 amide bonds. The van der Waals surface area contributed by atoms with E-state index in [4.69, 9.17) is 38.9 Å². The maximum atomic E-state index is 12.3. The summed E-state index contributed by atoms with van der Waals surface area (Å²) in [5, 5.41) is 9.34. The maximum absolute atomic E-state index is 12.3. The molecule has 1 saturated heterocycles. The van der Waals surface area contributed by atoms with Crippen molar-refractivity contribution < 1.29 is 4.79 Å². The largest absolute Gasteiger partial charge is 0.393 e. The van der Waals surface area contributed by atoms with Crippen LogP contribution in [0.25, 0.3) is 38.9 Å². The minimum absolute atomic E-state index is 0.0908. The Bertz CT molecular complexity index is 1730. The van der Waals surface area contributed by atoms with E-state index in [0.29, 0.717) is 28.7 Å². The number of carbonyl (C=O) groups excluding carboxylic acids is 1. The summed E-state index contributed by atoms with van der Waals surface area (Å²) >= 11 is 13.0. The predicted molar refractivity (Wildman–Crippen MR) is 149 cm³/mol. The lowest BCUT2D eigenvalue weighted by Gasteiger charge is -2.39. The van der Waals surface area contributed by atoms with Gasteiger partial charge in [0.1, 0.15) is 11.3 Å². The monoisotopic (exact) mass is 546 g/mol. The molecule has 0 aliphatic carbocycles. The Balaban J connectivity index is 1.33. The van der Waals surface area contributed by atoms with Crippen LogP contribution in [-0.4, -0.2) is 55.1 Å². The summed E-state index contributed by atoms with van der Waals surface area (Å²) in [5.74, 6) is -0.182. The fourth-order valence-corrected chi connectivity index (χ4v) is 5.39. The minimum atomic E-state index is -0.182. The number of carbonyl (C=O) groups is 1. The van der Waals surface area contributed by atoms with Crippen molar-refractivity contribution in [3.8, 4) is 22.4 Å². The van der Waals surface area contributed by atoms with Crippen LogP contribution in [-0.2, 0) is 4.79 Å². The van der Waals surface area contributed by atoms with Gasteiger partial charge in [-0.1, -0.05) is 29.3 Å². The number of nitrogens with one attached hydrogen (secondary N) is 1. The molecule has 1 aliphatic rings. The molecule has 9 nitrogen and oxygen atoms in total. The van der Waals surface area contributed by atoms with E-state index in [0.717, 1.165) is 39.1 Å². The molecule has 6 rings (SSSR count). The van der Waals surface area contributed by atoms with Gasteiger partial charge in [-0.25, -0.2) is 4.98 Å². The third-order valence-electron chi connectivity index (χ3n) is 6.90. The van der Waals surface area contributed by atoms with Gasteiger partial charge in [-0.15, -0.1) is 0 Å². The number of benzene rings is 1. The van der Waals surface area contributed by atoms with Crippen molar-refractivity contribution in [3.05, 3.63) is 82.8 Å². The van der Waals surface area contributed by atoms with Gasteiger partial charge in [0.25, 0.3) is 5.91 Å². The number of halogens is 2. The number of fused-ring (bicyclic) bond motifs is 3. The smallest absolute Gasteiger partial charge is 0.271 e. The second-order valence-electron chi connectivity index (χ2n) is 9.27. The highest BCUT2D eigenvalue weighted by Crippen LogP contribution is 2.37. The van der Waals surface area contributed by atoms with Gasteiger partial charge in [0.05, 0.1) is 33.5 Å². The topological polar surface area (TPSA) is 106 Å². The summed E-state index contributed by atoms with van der Waals surface area (Å²) in [4.78, 5) is 23.7. The first kappa shape index (κ1) is 24.3. The fraction of sp³-hybridized carbons (Fsp3) is 0.185. The van der Waals surface area contributed by atoms with Crippen LogP contribution >= 0.6 is 23.2 Å². The number of nitrogens with zero attached hydrogens (tertiary/aromatic N) is 6. The standard InChI is InChI=1S/C27H24Cl2N8O/c1-15-25(24-20(28)4-3-5-21(24)29)34-26-19-8-16(9-32-23(19)6-7-36(15)26)17-10-33-37(12-17)18-13-35(14-18)27(38)22(30)11-31-2/h3-12,18,31H,13-14,30H2,1-2H3/b22-11-. The predicted octanol–water partition coefficient (Wildman–Crippen LogP) is 4.43. The third kappa shape index (κ3) is 3.95. The van der Waals surface area contributed by atoms with E-state index in [1.165, 1.54) is 6.20 Å². The zero-order valence-corrected chi connectivity index (χ0v) is 22.2. The van der Waals surface area contributed by atoms with Crippen molar-refractivity contribution in [3.63, 3.8) is 0 Å². The van der Waals surface area contributed by atoms with Crippen LogP contribution < -0.4 is 11.1 Å². The van der Waals surface area contributed by atoms with E-state index in [2.05, 4.69) is 16.5 Å². The summed E-state index contributed by atoms with van der Waals surface area (Å²) in [6.45, 7) is 3.10. The van der Waals surface area contributed by atoms with Crippen LogP contribution in [0, 0.1) is 6.92 Å². The molecule has 0 saturated carbocycles. The van der Waals surface area contributed by atoms with Crippen molar-refractivity contribution in [2.24, 2.45) is 5.73 Å². The average molecular weight is 547 g/mol. The van der Waals surface area contributed by atoms with Crippen LogP contribution in [0.5, 0.6) is 0 Å². The van der Waals surface area contributed by atoms with E-state index < -0.39 is 0 Å². The molecule has 1 aliphatic heterocycles. The Labute approximate surface area is 228 Å². The molecule has 1 aromatic carbocycles. The molecule has 0 radical (unpaired) electrons. The van der Waals surface area contributed by atoms with Crippen molar-refractivity contribution >= 4 is 45.7 Å². The molecule has 5 heterocycles. The number of nitrogens with two attached hydrogens (primary N) is 1. The molecule has 0 spiro atoms. The van der Waals surface area contributed by atoms with E-state index in [9.17, 15) is 4.79 Å². The molecule has 4 aromatic heterocycles. The number of aryl methyl sites for hydroxylation is 1. The van der Waals surface area contributed by atoms with E-state index in [1.807, 2.05) is 65.1 Å². The Hall–Kier alpha value is -4.08. The molecule has 38 heavy (non-hydrogen) atoms. The van der Waals surface area contributed by atoms with E-state index in [-0.39, 0.29) is 17.6 Å². The minimum Gasteiger partial charge on any atom is -0.393 e. The molecule has 1 fully saturated rings. The molecular weight excluding hydrogens is 523 g/mol. The van der Waals surface area contributed by atoms with Crippen molar-refractivity contribution in [1.29, 1.82) is 0 Å². The van der Waals surface area contributed by atoms with Gasteiger partial charge in [0.2, 0.25) is 0 Å². The number of likely N-dealkylation sites (tertiary alicyclic amines) is 1. The Morgan fingerprint density at radius 1 is 1.16 bits per heavy atom. The lowest BCUT2D eigenvalue weighted by atomic mass is 10.1. The normalized spacial score (nSPS) is 14.3. The molecule has 0 atom stereocenters. The first-order valence-corrected chi connectivity index (χ1v) is 12.8. The first-order chi connectivity index (χ1) is 18.4. The number of aromatic nitrogens is 5. The van der Waals surface area contributed by atoms with Gasteiger partial charge in [-0.2, -0.15) is 5.10 Å². The lowest BCUT2D eigenvalue weighted by Crippen LogP contribution is -2.52. The van der Waals surface area contributed by atoms with Gasteiger partial charge in [0.15, 0.2) is 0 Å². The van der Waals surface area contributed by atoms with Crippen LogP contribution in [0.4, 0.5) is 0 Å². The van der Waals surface area contributed by atoms with Crippen LogP contribution in [0.3, 0.4) is 0 Å². The first-order valence-electron chi connectivity index (χ1n) is 12.0.